The van der Waals surface area contributed by atoms with E-state index in [1.165, 1.54) is 12.8 Å². The molecule has 3 aromatic rings. The second kappa shape index (κ2) is 8.37. The van der Waals surface area contributed by atoms with E-state index in [2.05, 4.69) is 14.8 Å². The molecule has 0 atom stereocenters. The largest absolute Gasteiger partial charge is 0.493 e. The first-order valence-electron chi connectivity index (χ1n) is 10.0. The fourth-order valence-corrected chi connectivity index (χ4v) is 4.17. The van der Waals surface area contributed by atoms with Crippen LogP contribution in [0.2, 0.25) is 0 Å². The molecular weight excluding hydrogens is 386 g/mol. The molecule has 0 N–H and O–H groups in total. The Kier molecular flexibility index (Phi) is 5.30. The molecule has 7 heteroatoms. The molecule has 0 spiro atoms. The minimum absolute atomic E-state index is 0.480. The highest BCUT2D eigenvalue weighted by molar-refractivity contribution is 7.99. The number of para-hydroxylation sites is 1. The SMILES string of the molecule is c1ccc(OCCSc2nnc(-c3ccc4c(c3)OCCCO4)n2C2CC2)cc1. The van der Waals surface area contributed by atoms with E-state index in [1.54, 1.807) is 11.8 Å². The van der Waals surface area contributed by atoms with Crippen LogP contribution >= 0.6 is 11.8 Å². The molecule has 0 radical (unpaired) electrons. The van der Waals surface area contributed by atoms with Gasteiger partial charge in [-0.15, -0.1) is 10.2 Å². The highest BCUT2D eigenvalue weighted by Gasteiger charge is 2.30. The highest BCUT2D eigenvalue weighted by Crippen LogP contribution is 2.42. The monoisotopic (exact) mass is 409 g/mol. The van der Waals surface area contributed by atoms with Crippen molar-refractivity contribution >= 4 is 11.8 Å². The lowest BCUT2D eigenvalue weighted by atomic mass is 10.2. The van der Waals surface area contributed by atoms with Gasteiger partial charge in [-0.3, -0.25) is 4.57 Å². The van der Waals surface area contributed by atoms with Crippen molar-refractivity contribution < 1.29 is 14.2 Å². The van der Waals surface area contributed by atoms with Gasteiger partial charge >= 0.3 is 0 Å². The summed E-state index contributed by atoms with van der Waals surface area (Å²) in [4.78, 5) is 0. The average Bonchev–Trinajstić information content (AvgIpc) is 3.55. The summed E-state index contributed by atoms with van der Waals surface area (Å²) in [6.07, 6.45) is 3.24. The van der Waals surface area contributed by atoms with Crippen LogP contribution in [0.5, 0.6) is 17.2 Å². The molecule has 29 heavy (non-hydrogen) atoms. The predicted octanol–water partition coefficient (Wildman–Crippen LogP) is 4.61. The van der Waals surface area contributed by atoms with E-state index >= 15 is 0 Å². The first kappa shape index (κ1) is 18.4. The van der Waals surface area contributed by atoms with Gasteiger partial charge in [0.15, 0.2) is 22.5 Å². The quantitative estimate of drug-likeness (QED) is 0.419. The molecule has 5 rings (SSSR count). The summed E-state index contributed by atoms with van der Waals surface area (Å²) < 4.78 is 19.7. The number of hydrogen-bond donors (Lipinski definition) is 0. The second-order valence-corrected chi connectivity index (χ2v) is 8.19. The number of rotatable bonds is 7. The van der Waals surface area contributed by atoms with Crippen LogP contribution in [0.1, 0.15) is 25.3 Å². The lowest BCUT2D eigenvalue weighted by Gasteiger charge is -2.11. The van der Waals surface area contributed by atoms with Crippen molar-refractivity contribution in [2.75, 3.05) is 25.6 Å². The maximum atomic E-state index is 5.85. The Balaban J connectivity index is 1.31. The van der Waals surface area contributed by atoms with Crippen molar-refractivity contribution in [3.63, 3.8) is 0 Å². The van der Waals surface area contributed by atoms with Crippen molar-refractivity contribution in [3.05, 3.63) is 48.5 Å². The highest BCUT2D eigenvalue weighted by atomic mass is 32.2. The summed E-state index contributed by atoms with van der Waals surface area (Å²) in [6.45, 7) is 2.00. The van der Waals surface area contributed by atoms with E-state index in [-0.39, 0.29) is 0 Å². The Morgan fingerprint density at radius 3 is 2.66 bits per heavy atom. The van der Waals surface area contributed by atoms with Gasteiger partial charge in [0.05, 0.1) is 19.8 Å². The molecule has 1 aromatic heterocycles. The molecule has 2 aromatic carbocycles. The van der Waals surface area contributed by atoms with Gasteiger partial charge in [-0.25, -0.2) is 0 Å². The third-order valence-electron chi connectivity index (χ3n) is 4.91. The number of fused-ring (bicyclic) bond motifs is 1. The van der Waals surface area contributed by atoms with E-state index in [4.69, 9.17) is 14.2 Å². The number of hydrogen-bond acceptors (Lipinski definition) is 6. The number of aromatic nitrogens is 3. The summed E-state index contributed by atoms with van der Waals surface area (Å²) in [5.74, 6) is 4.20. The van der Waals surface area contributed by atoms with Gasteiger partial charge in [-0.1, -0.05) is 30.0 Å². The summed E-state index contributed by atoms with van der Waals surface area (Å²) in [7, 11) is 0. The molecule has 1 saturated carbocycles. The zero-order valence-electron chi connectivity index (χ0n) is 16.1. The van der Waals surface area contributed by atoms with E-state index in [0.29, 0.717) is 25.9 Å². The standard InChI is InChI=1S/C22H23N3O3S/c1-2-5-18(6-3-1)26-13-14-29-22-24-23-21(25(22)17-8-9-17)16-7-10-19-20(15-16)28-12-4-11-27-19/h1-3,5-7,10,15,17H,4,8-9,11-14H2. The Morgan fingerprint density at radius 2 is 1.83 bits per heavy atom. The number of benzene rings is 2. The van der Waals surface area contributed by atoms with Gasteiger partial charge in [0, 0.05) is 23.8 Å². The van der Waals surface area contributed by atoms with Crippen LogP contribution in [0.4, 0.5) is 0 Å². The minimum atomic E-state index is 0.480. The van der Waals surface area contributed by atoms with Crippen molar-refractivity contribution in [1.82, 2.24) is 14.8 Å². The normalized spacial score (nSPS) is 15.7. The Labute approximate surface area is 174 Å². The van der Waals surface area contributed by atoms with Crippen molar-refractivity contribution in [3.8, 4) is 28.6 Å². The third kappa shape index (κ3) is 4.19. The van der Waals surface area contributed by atoms with Crippen LogP contribution in [0.25, 0.3) is 11.4 Å². The fourth-order valence-electron chi connectivity index (χ4n) is 3.35. The van der Waals surface area contributed by atoms with Crippen LogP contribution in [0.15, 0.2) is 53.7 Å². The summed E-state index contributed by atoms with van der Waals surface area (Å²) in [6, 6.07) is 16.4. The number of ether oxygens (including phenoxy) is 3. The molecule has 1 aliphatic heterocycles. The van der Waals surface area contributed by atoms with Gasteiger partial charge in [0.1, 0.15) is 5.75 Å². The number of nitrogens with zero attached hydrogens (tertiary/aromatic N) is 3. The van der Waals surface area contributed by atoms with Gasteiger partial charge in [-0.05, 0) is 43.2 Å². The summed E-state index contributed by atoms with van der Waals surface area (Å²) in [5.41, 5.74) is 1.01. The molecule has 1 aliphatic carbocycles. The Bertz CT molecular complexity index is 973. The Hall–Kier alpha value is -2.67. The van der Waals surface area contributed by atoms with Gasteiger partial charge < -0.3 is 14.2 Å². The topological polar surface area (TPSA) is 58.4 Å². The molecule has 2 heterocycles. The molecule has 0 unspecified atom stereocenters. The maximum absolute atomic E-state index is 5.85. The molecule has 0 saturated heterocycles. The van der Waals surface area contributed by atoms with E-state index in [1.807, 2.05) is 48.5 Å². The third-order valence-corrected chi connectivity index (χ3v) is 5.82. The van der Waals surface area contributed by atoms with E-state index < -0.39 is 0 Å². The van der Waals surface area contributed by atoms with E-state index in [0.717, 1.165) is 46.0 Å². The lowest BCUT2D eigenvalue weighted by molar-refractivity contribution is 0.297. The van der Waals surface area contributed by atoms with Crippen molar-refractivity contribution in [1.29, 1.82) is 0 Å². The molecule has 1 fully saturated rings. The first-order valence-corrected chi connectivity index (χ1v) is 11.0. The van der Waals surface area contributed by atoms with Gasteiger partial charge in [0.2, 0.25) is 0 Å². The maximum Gasteiger partial charge on any atom is 0.191 e. The molecule has 0 amide bonds. The fraction of sp³-hybridized carbons (Fsp3) is 0.364. The van der Waals surface area contributed by atoms with Gasteiger partial charge in [0.25, 0.3) is 0 Å². The number of thioether (sulfide) groups is 1. The zero-order chi connectivity index (χ0) is 19.5. The van der Waals surface area contributed by atoms with Crippen molar-refractivity contribution in [2.45, 2.75) is 30.5 Å². The first-order chi connectivity index (χ1) is 14.4. The van der Waals surface area contributed by atoms with Crippen LogP contribution in [0.3, 0.4) is 0 Å². The zero-order valence-corrected chi connectivity index (χ0v) is 16.9. The summed E-state index contributed by atoms with van der Waals surface area (Å²) in [5, 5.41) is 9.94. The average molecular weight is 410 g/mol. The molecule has 2 aliphatic rings. The molecular formula is C22H23N3O3S. The smallest absolute Gasteiger partial charge is 0.191 e. The minimum Gasteiger partial charge on any atom is -0.493 e. The second-order valence-electron chi connectivity index (χ2n) is 7.13. The van der Waals surface area contributed by atoms with Crippen LogP contribution in [-0.4, -0.2) is 40.3 Å². The van der Waals surface area contributed by atoms with Gasteiger partial charge in [-0.2, -0.15) is 0 Å². The lowest BCUT2D eigenvalue weighted by Crippen LogP contribution is -2.03. The van der Waals surface area contributed by atoms with Crippen LogP contribution in [0, 0.1) is 0 Å². The predicted molar refractivity (Wildman–Crippen MR) is 112 cm³/mol. The van der Waals surface area contributed by atoms with Crippen LogP contribution < -0.4 is 14.2 Å². The molecule has 0 bridgehead atoms. The summed E-state index contributed by atoms with van der Waals surface area (Å²) >= 11 is 1.69. The van der Waals surface area contributed by atoms with Crippen molar-refractivity contribution in [2.24, 2.45) is 0 Å². The van der Waals surface area contributed by atoms with E-state index in [9.17, 15) is 0 Å². The Morgan fingerprint density at radius 1 is 1.00 bits per heavy atom. The molecule has 6 nitrogen and oxygen atoms in total. The van der Waals surface area contributed by atoms with Crippen LogP contribution in [-0.2, 0) is 0 Å². The molecule has 150 valence electrons.